The van der Waals surface area contributed by atoms with Crippen LogP contribution in [0.5, 0.6) is 0 Å². The summed E-state index contributed by atoms with van der Waals surface area (Å²) in [6, 6.07) is 0. The number of piperazine rings is 1. The molecule has 3 N–H and O–H groups in total. The monoisotopic (exact) mass is 298 g/mol. The van der Waals surface area contributed by atoms with Gasteiger partial charge in [-0.1, -0.05) is 13.8 Å². The van der Waals surface area contributed by atoms with Crippen LogP contribution >= 0.6 is 0 Å². The van der Waals surface area contributed by atoms with Gasteiger partial charge in [-0.15, -0.1) is 0 Å². The Morgan fingerprint density at radius 1 is 1.24 bits per heavy atom. The van der Waals surface area contributed by atoms with E-state index in [1.165, 1.54) is 0 Å². The van der Waals surface area contributed by atoms with Crippen LogP contribution in [0.1, 0.15) is 33.1 Å². The molecule has 1 fully saturated rings. The Morgan fingerprint density at radius 3 is 2.48 bits per heavy atom. The van der Waals surface area contributed by atoms with Crippen molar-refractivity contribution >= 4 is 11.8 Å². The number of nitrogens with zero attached hydrogens (tertiary/aromatic N) is 2. The summed E-state index contributed by atoms with van der Waals surface area (Å²) < 4.78 is 0. The third kappa shape index (κ3) is 6.44. The predicted molar refractivity (Wildman–Crippen MR) is 83.8 cm³/mol. The molecular weight excluding hydrogens is 268 g/mol. The van der Waals surface area contributed by atoms with Crippen molar-refractivity contribution < 1.29 is 9.59 Å². The molecule has 6 heteroatoms. The second kappa shape index (κ2) is 9.73. The topological polar surface area (TPSA) is 78.7 Å². The van der Waals surface area contributed by atoms with Gasteiger partial charge in [-0.3, -0.25) is 14.5 Å². The van der Waals surface area contributed by atoms with Crippen LogP contribution in [0.25, 0.3) is 0 Å². The minimum Gasteiger partial charge on any atom is -0.355 e. The van der Waals surface area contributed by atoms with Crippen molar-refractivity contribution in [2.24, 2.45) is 11.7 Å². The van der Waals surface area contributed by atoms with E-state index in [0.717, 1.165) is 38.9 Å². The van der Waals surface area contributed by atoms with E-state index < -0.39 is 0 Å². The van der Waals surface area contributed by atoms with E-state index in [4.69, 9.17) is 5.73 Å². The largest absolute Gasteiger partial charge is 0.355 e. The quantitative estimate of drug-likeness (QED) is 0.663. The van der Waals surface area contributed by atoms with Crippen molar-refractivity contribution in [1.29, 1.82) is 0 Å². The van der Waals surface area contributed by atoms with Crippen molar-refractivity contribution in [2.75, 3.05) is 45.8 Å². The average molecular weight is 298 g/mol. The maximum atomic E-state index is 12.3. The standard InChI is InChI=1S/C15H30N4O2/c1-3-7-17-14(20)12-18-8-10-19(11-9-18)15(21)13(2)5-4-6-16/h13H,3-12,16H2,1-2H3,(H,17,20). The number of hydrogen-bond acceptors (Lipinski definition) is 4. The summed E-state index contributed by atoms with van der Waals surface area (Å²) >= 11 is 0. The number of hydrogen-bond donors (Lipinski definition) is 2. The summed E-state index contributed by atoms with van der Waals surface area (Å²) in [5, 5.41) is 2.88. The molecule has 21 heavy (non-hydrogen) atoms. The Balaban J connectivity index is 2.28. The van der Waals surface area contributed by atoms with E-state index in [-0.39, 0.29) is 17.7 Å². The van der Waals surface area contributed by atoms with E-state index in [1.807, 2.05) is 18.7 Å². The van der Waals surface area contributed by atoms with Gasteiger partial charge in [-0.05, 0) is 25.8 Å². The molecule has 0 aliphatic carbocycles. The van der Waals surface area contributed by atoms with E-state index >= 15 is 0 Å². The van der Waals surface area contributed by atoms with E-state index in [0.29, 0.717) is 26.2 Å². The maximum Gasteiger partial charge on any atom is 0.234 e. The van der Waals surface area contributed by atoms with Gasteiger partial charge in [0.2, 0.25) is 11.8 Å². The SMILES string of the molecule is CCCNC(=O)CN1CCN(C(=O)C(C)CCCN)CC1. The van der Waals surface area contributed by atoms with Gasteiger partial charge >= 0.3 is 0 Å². The minimum atomic E-state index is 0.0490. The lowest BCUT2D eigenvalue weighted by Gasteiger charge is -2.35. The summed E-state index contributed by atoms with van der Waals surface area (Å²) in [5.41, 5.74) is 5.49. The zero-order valence-corrected chi connectivity index (χ0v) is 13.4. The Labute approximate surface area is 128 Å². The molecule has 1 heterocycles. The number of amides is 2. The van der Waals surface area contributed by atoms with Gasteiger partial charge in [-0.2, -0.15) is 0 Å². The molecule has 0 aromatic rings. The first kappa shape index (κ1) is 17.9. The highest BCUT2D eigenvalue weighted by Gasteiger charge is 2.25. The lowest BCUT2D eigenvalue weighted by atomic mass is 10.0. The van der Waals surface area contributed by atoms with Gasteiger partial charge in [-0.25, -0.2) is 0 Å². The van der Waals surface area contributed by atoms with Crippen molar-refractivity contribution in [2.45, 2.75) is 33.1 Å². The normalized spacial score (nSPS) is 17.6. The fraction of sp³-hybridized carbons (Fsp3) is 0.867. The van der Waals surface area contributed by atoms with Crippen molar-refractivity contribution in [3.05, 3.63) is 0 Å². The van der Waals surface area contributed by atoms with Crippen LogP contribution in [0.2, 0.25) is 0 Å². The molecule has 1 unspecified atom stereocenters. The summed E-state index contributed by atoms with van der Waals surface area (Å²) in [7, 11) is 0. The van der Waals surface area contributed by atoms with Crippen molar-refractivity contribution in [3.8, 4) is 0 Å². The summed E-state index contributed by atoms with van der Waals surface area (Å²) in [6.45, 7) is 8.79. The third-order valence-electron chi connectivity index (χ3n) is 3.89. The van der Waals surface area contributed by atoms with Crippen LogP contribution in [0, 0.1) is 5.92 Å². The van der Waals surface area contributed by atoms with Gasteiger partial charge in [0.05, 0.1) is 6.54 Å². The Kier molecular flexibility index (Phi) is 8.30. The van der Waals surface area contributed by atoms with E-state index in [2.05, 4.69) is 10.2 Å². The van der Waals surface area contributed by atoms with Gasteiger partial charge in [0.25, 0.3) is 0 Å². The van der Waals surface area contributed by atoms with Gasteiger partial charge in [0.15, 0.2) is 0 Å². The van der Waals surface area contributed by atoms with Crippen molar-refractivity contribution in [3.63, 3.8) is 0 Å². The number of nitrogens with one attached hydrogen (secondary N) is 1. The Hall–Kier alpha value is -1.14. The molecule has 0 aromatic heterocycles. The molecule has 1 saturated heterocycles. The molecule has 122 valence electrons. The number of carbonyl (C=O) groups excluding carboxylic acids is 2. The lowest BCUT2D eigenvalue weighted by molar-refractivity contribution is -0.137. The molecule has 1 atom stereocenters. The zero-order chi connectivity index (χ0) is 15.7. The fourth-order valence-corrected chi connectivity index (χ4v) is 2.51. The third-order valence-corrected chi connectivity index (χ3v) is 3.89. The molecule has 0 bridgehead atoms. The molecule has 1 aliphatic heterocycles. The predicted octanol–water partition coefficient (Wildman–Crippen LogP) is 0.0318. The smallest absolute Gasteiger partial charge is 0.234 e. The summed E-state index contributed by atoms with van der Waals surface area (Å²) in [5.74, 6) is 0.347. The zero-order valence-electron chi connectivity index (χ0n) is 13.4. The van der Waals surface area contributed by atoms with Gasteiger partial charge in [0, 0.05) is 38.6 Å². The highest BCUT2D eigenvalue weighted by atomic mass is 16.2. The maximum absolute atomic E-state index is 12.3. The number of rotatable bonds is 8. The molecule has 2 amide bonds. The van der Waals surface area contributed by atoms with Crippen LogP contribution in [-0.4, -0.2) is 67.4 Å². The second-order valence-corrected chi connectivity index (χ2v) is 5.78. The van der Waals surface area contributed by atoms with Crippen LogP contribution in [0.3, 0.4) is 0 Å². The second-order valence-electron chi connectivity index (χ2n) is 5.78. The molecule has 1 aliphatic rings. The van der Waals surface area contributed by atoms with Gasteiger partial charge in [0.1, 0.15) is 0 Å². The minimum absolute atomic E-state index is 0.0490. The molecule has 0 radical (unpaired) electrons. The van der Waals surface area contributed by atoms with Crippen LogP contribution in [0.15, 0.2) is 0 Å². The molecule has 0 saturated carbocycles. The first-order valence-corrected chi connectivity index (χ1v) is 8.06. The van der Waals surface area contributed by atoms with Gasteiger partial charge < -0.3 is 16.0 Å². The molecular formula is C15H30N4O2. The van der Waals surface area contributed by atoms with Crippen LogP contribution < -0.4 is 11.1 Å². The molecule has 6 nitrogen and oxygen atoms in total. The van der Waals surface area contributed by atoms with E-state index in [1.54, 1.807) is 0 Å². The molecule has 0 aromatic carbocycles. The number of carbonyl (C=O) groups is 2. The highest BCUT2D eigenvalue weighted by molar-refractivity contribution is 5.79. The first-order valence-electron chi connectivity index (χ1n) is 8.06. The van der Waals surface area contributed by atoms with Crippen LogP contribution in [-0.2, 0) is 9.59 Å². The molecule has 0 spiro atoms. The highest BCUT2D eigenvalue weighted by Crippen LogP contribution is 2.11. The summed E-state index contributed by atoms with van der Waals surface area (Å²) in [6.07, 6.45) is 2.70. The molecule has 1 rings (SSSR count). The van der Waals surface area contributed by atoms with Crippen LogP contribution in [0.4, 0.5) is 0 Å². The first-order chi connectivity index (χ1) is 10.1. The summed E-state index contributed by atoms with van der Waals surface area (Å²) in [4.78, 5) is 28.0. The lowest BCUT2D eigenvalue weighted by Crippen LogP contribution is -2.52. The van der Waals surface area contributed by atoms with Crippen molar-refractivity contribution in [1.82, 2.24) is 15.1 Å². The average Bonchev–Trinajstić information content (AvgIpc) is 2.50. The fourth-order valence-electron chi connectivity index (χ4n) is 2.51. The Morgan fingerprint density at radius 2 is 1.90 bits per heavy atom. The number of nitrogens with two attached hydrogens (primary N) is 1. The van der Waals surface area contributed by atoms with E-state index in [9.17, 15) is 9.59 Å². The Bertz CT molecular complexity index is 328.